The molecule has 1 amide bonds. The lowest BCUT2D eigenvalue weighted by atomic mass is 9.95. The summed E-state index contributed by atoms with van der Waals surface area (Å²) in [6.07, 6.45) is -9.13. The van der Waals surface area contributed by atoms with Gasteiger partial charge in [-0.1, -0.05) is 0 Å². The Morgan fingerprint density at radius 3 is 2.28 bits per heavy atom. The van der Waals surface area contributed by atoms with Crippen LogP contribution in [0.25, 0.3) is 0 Å². The average molecular weight is 369 g/mol. The molecule has 1 aromatic carbocycles. The molecule has 0 radical (unpaired) electrons. The Morgan fingerprint density at radius 2 is 1.76 bits per heavy atom. The van der Waals surface area contributed by atoms with Crippen LogP contribution in [0, 0.1) is 5.92 Å². The van der Waals surface area contributed by atoms with Gasteiger partial charge in [-0.05, 0) is 31.0 Å². The molecular formula is C15H17F6N3O. The van der Waals surface area contributed by atoms with Gasteiger partial charge in [0.25, 0.3) is 5.91 Å². The van der Waals surface area contributed by atoms with E-state index in [1.807, 2.05) is 0 Å². The zero-order valence-corrected chi connectivity index (χ0v) is 13.0. The molecule has 0 unspecified atom stereocenters. The van der Waals surface area contributed by atoms with Gasteiger partial charge in [0.15, 0.2) is 0 Å². The number of piperidine rings is 1. The van der Waals surface area contributed by atoms with Crippen molar-refractivity contribution in [1.29, 1.82) is 0 Å². The first-order chi connectivity index (χ1) is 11.5. The van der Waals surface area contributed by atoms with E-state index in [4.69, 9.17) is 5.73 Å². The van der Waals surface area contributed by atoms with E-state index in [1.54, 1.807) is 10.2 Å². The van der Waals surface area contributed by atoms with Crippen molar-refractivity contribution < 1.29 is 31.1 Å². The van der Waals surface area contributed by atoms with Crippen molar-refractivity contribution in [2.45, 2.75) is 25.2 Å². The van der Waals surface area contributed by atoms with E-state index in [1.165, 1.54) is 18.2 Å². The molecule has 0 bridgehead atoms. The fourth-order valence-electron chi connectivity index (χ4n) is 2.73. The Kier molecular flexibility index (Phi) is 5.38. The van der Waals surface area contributed by atoms with Crippen LogP contribution in [0.4, 0.5) is 37.7 Å². The summed E-state index contributed by atoms with van der Waals surface area (Å²) in [6.45, 7) is -1.41. The summed E-state index contributed by atoms with van der Waals surface area (Å²) in [4.78, 5) is 13.6. The number of amides is 1. The first kappa shape index (κ1) is 19.2. The van der Waals surface area contributed by atoms with Crippen molar-refractivity contribution in [3.05, 3.63) is 23.8 Å². The fourth-order valence-corrected chi connectivity index (χ4v) is 2.73. The Labute approximate surface area is 140 Å². The van der Waals surface area contributed by atoms with Crippen molar-refractivity contribution in [1.82, 2.24) is 5.32 Å². The lowest BCUT2D eigenvalue weighted by molar-refractivity contribution is -0.179. The molecule has 2 rings (SSSR count). The molecule has 4 nitrogen and oxygen atoms in total. The molecule has 0 spiro atoms. The highest BCUT2D eigenvalue weighted by Crippen LogP contribution is 2.36. The maximum absolute atomic E-state index is 12.7. The van der Waals surface area contributed by atoms with Gasteiger partial charge in [0.1, 0.15) is 6.54 Å². The zero-order chi connectivity index (χ0) is 18.8. The molecule has 0 saturated carbocycles. The number of nitrogen functional groups attached to an aromatic ring is 1. The third-order valence-corrected chi connectivity index (χ3v) is 4.01. The number of alkyl halides is 6. The number of benzene rings is 1. The van der Waals surface area contributed by atoms with Gasteiger partial charge in [-0.25, -0.2) is 0 Å². The number of carbonyl (C=O) groups excluding carboxylic acids is 1. The number of hydrogen-bond donors (Lipinski definition) is 2. The summed E-state index contributed by atoms with van der Waals surface area (Å²) in [5, 5.41) is 1.75. The normalized spacial score (nSPS) is 16.8. The van der Waals surface area contributed by atoms with Crippen molar-refractivity contribution in [3.8, 4) is 0 Å². The van der Waals surface area contributed by atoms with Crippen molar-refractivity contribution >= 4 is 17.3 Å². The number of hydrogen-bond acceptors (Lipinski definition) is 3. The van der Waals surface area contributed by atoms with Gasteiger partial charge >= 0.3 is 12.4 Å². The highest BCUT2D eigenvalue weighted by atomic mass is 19.4. The van der Waals surface area contributed by atoms with E-state index in [2.05, 4.69) is 0 Å². The molecular weight excluding hydrogens is 352 g/mol. The fraction of sp³-hybridized carbons (Fsp3) is 0.533. The van der Waals surface area contributed by atoms with Crippen LogP contribution in [0.1, 0.15) is 23.2 Å². The molecule has 3 N–H and O–H groups in total. The molecule has 1 aliphatic heterocycles. The summed E-state index contributed by atoms with van der Waals surface area (Å²) < 4.78 is 75.0. The summed E-state index contributed by atoms with van der Waals surface area (Å²) in [6, 6.07) is 4.11. The van der Waals surface area contributed by atoms with Gasteiger partial charge in [-0.2, -0.15) is 26.3 Å². The highest BCUT2D eigenvalue weighted by Gasteiger charge is 2.41. The van der Waals surface area contributed by atoms with E-state index in [9.17, 15) is 31.1 Å². The van der Waals surface area contributed by atoms with Gasteiger partial charge < -0.3 is 16.0 Å². The second-order valence-corrected chi connectivity index (χ2v) is 5.88. The number of nitrogens with two attached hydrogens (primary N) is 1. The van der Waals surface area contributed by atoms with Crippen LogP contribution in [0.15, 0.2) is 18.2 Å². The third kappa shape index (κ3) is 5.17. The van der Waals surface area contributed by atoms with Crippen LogP contribution in [0.5, 0.6) is 0 Å². The minimum absolute atomic E-state index is 0.0493. The Morgan fingerprint density at radius 1 is 1.16 bits per heavy atom. The van der Waals surface area contributed by atoms with Crippen LogP contribution in [-0.4, -0.2) is 37.9 Å². The third-order valence-electron chi connectivity index (χ3n) is 4.01. The largest absolute Gasteiger partial charge is 0.405 e. The van der Waals surface area contributed by atoms with Crippen molar-refractivity contribution in [2.24, 2.45) is 5.92 Å². The van der Waals surface area contributed by atoms with E-state index in [0.29, 0.717) is 0 Å². The van der Waals surface area contributed by atoms with E-state index >= 15 is 0 Å². The molecule has 0 aliphatic carbocycles. The molecule has 1 aliphatic rings. The first-order valence-corrected chi connectivity index (χ1v) is 7.53. The summed E-state index contributed by atoms with van der Waals surface area (Å²) in [5.41, 5.74) is 5.94. The molecule has 10 heteroatoms. The van der Waals surface area contributed by atoms with Crippen LogP contribution in [-0.2, 0) is 0 Å². The maximum Gasteiger partial charge on any atom is 0.405 e. The average Bonchev–Trinajstić information content (AvgIpc) is 2.51. The number of halogens is 6. The van der Waals surface area contributed by atoms with Crippen LogP contribution < -0.4 is 16.0 Å². The molecule has 1 aromatic rings. The monoisotopic (exact) mass is 369 g/mol. The lowest BCUT2D eigenvalue weighted by Gasteiger charge is -2.35. The summed E-state index contributed by atoms with van der Waals surface area (Å²) in [7, 11) is 0. The van der Waals surface area contributed by atoms with Crippen molar-refractivity contribution in [3.63, 3.8) is 0 Å². The quantitative estimate of drug-likeness (QED) is 0.635. The second-order valence-electron chi connectivity index (χ2n) is 5.88. The predicted octanol–water partition coefficient (Wildman–Crippen LogP) is 3.34. The van der Waals surface area contributed by atoms with Crippen LogP contribution in [0.3, 0.4) is 0 Å². The minimum Gasteiger partial charge on any atom is -0.399 e. The summed E-state index contributed by atoms with van der Waals surface area (Å²) in [5.74, 6) is -2.39. The van der Waals surface area contributed by atoms with Gasteiger partial charge in [0.05, 0.1) is 11.5 Å². The molecule has 25 heavy (non-hydrogen) atoms. The maximum atomic E-state index is 12.7. The number of nitrogens with one attached hydrogen (secondary N) is 1. The van der Waals surface area contributed by atoms with Crippen LogP contribution in [0.2, 0.25) is 0 Å². The summed E-state index contributed by atoms with van der Waals surface area (Å²) >= 11 is 0. The lowest BCUT2D eigenvalue weighted by Crippen LogP contribution is -2.40. The van der Waals surface area contributed by atoms with Gasteiger partial charge in [0, 0.05) is 24.5 Å². The van der Waals surface area contributed by atoms with Crippen molar-refractivity contribution in [2.75, 3.05) is 30.3 Å². The SMILES string of the molecule is Nc1ccc(N2CCC(C(F)(F)F)CC2)c(C(=O)NCC(F)(F)F)c1. The zero-order valence-electron chi connectivity index (χ0n) is 13.0. The standard InChI is InChI=1S/C15H17F6N3O/c16-14(17,18)8-23-13(25)11-7-10(22)1-2-12(11)24-5-3-9(4-6-24)15(19,20)21/h1-2,7,9H,3-6,8,22H2,(H,23,25). The molecule has 140 valence electrons. The highest BCUT2D eigenvalue weighted by molar-refractivity contribution is 6.00. The molecule has 1 heterocycles. The molecule has 0 aromatic heterocycles. The number of carbonyl (C=O) groups is 1. The van der Waals surface area contributed by atoms with Crippen LogP contribution >= 0.6 is 0 Å². The number of rotatable bonds is 3. The minimum atomic E-state index is -4.57. The molecule has 1 saturated heterocycles. The Balaban J connectivity index is 2.15. The van der Waals surface area contributed by atoms with E-state index in [0.717, 1.165) is 0 Å². The molecule has 0 atom stereocenters. The number of nitrogens with zero attached hydrogens (tertiary/aromatic N) is 1. The Bertz CT molecular complexity index is 621. The molecule has 1 fully saturated rings. The smallest absolute Gasteiger partial charge is 0.399 e. The van der Waals surface area contributed by atoms with E-state index in [-0.39, 0.29) is 42.9 Å². The van der Waals surface area contributed by atoms with Gasteiger partial charge in [-0.3, -0.25) is 4.79 Å². The van der Waals surface area contributed by atoms with Gasteiger partial charge in [0.2, 0.25) is 0 Å². The Hall–Kier alpha value is -2.13. The second kappa shape index (κ2) is 7.01. The number of anilines is 2. The first-order valence-electron chi connectivity index (χ1n) is 7.53. The predicted molar refractivity (Wildman–Crippen MR) is 80.2 cm³/mol. The van der Waals surface area contributed by atoms with Gasteiger partial charge in [-0.15, -0.1) is 0 Å². The topological polar surface area (TPSA) is 58.4 Å². The van der Waals surface area contributed by atoms with E-state index < -0.39 is 30.7 Å².